The van der Waals surface area contributed by atoms with Crippen LogP contribution in [0.1, 0.15) is 12.8 Å². The number of piperidine rings is 3. The van der Waals surface area contributed by atoms with E-state index in [1.807, 2.05) is 0 Å². The number of fused-ring (bicyclic) bond motifs is 2. The number of ether oxygens (including phenoxy) is 1. The molecular weight excluding hydrogens is 164 g/mol. The van der Waals surface area contributed by atoms with Gasteiger partial charge in [-0.25, -0.2) is 0 Å². The molecule has 1 N–H and O–H groups in total. The molecule has 3 heteroatoms. The van der Waals surface area contributed by atoms with Crippen molar-refractivity contribution in [1.29, 1.82) is 0 Å². The monoisotopic (exact) mass is 182 g/mol. The average Bonchev–Trinajstić information content (AvgIpc) is 2.20. The van der Waals surface area contributed by atoms with Crippen molar-refractivity contribution in [3.8, 4) is 0 Å². The molecule has 4 fully saturated rings. The van der Waals surface area contributed by atoms with Gasteiger partial charge in [0.05, 0.1) is 18.8 Å². The zero-order valence-electron chi connectivity index (χ0n) is 8.09. The van der Waals surface area contributed by atoms with Crippen LogP contribution < -0.4 is 5.32 Å². The van der Waals surface area contributed by atoms with Crippen molar-refractivity contribution in [2.75, 3.05) is 39.4 Å². The third-order valence-electron chi connectivity index (χ3n) is 3.96. The van der Waals surface area contributed by atoms with Crippen LogP contribution in [0.25, 0.3) is 0 Å². The molecule has 0 aliphatic carbocycles. The summed E-state index contributed by atoms with van der Waals surface area (Å²) >= 11 is 0. The summed E-state index contributed by atoms with van der Waals surface area (Å²) in [5.74, 6) is 0.873. The van der Waals surface area contributed by atoms with Crippen LogP contribution in [0.15, 0.2) is 0 Å². The molecule has 4 heterocycles. The van der Waals surface area contributed by atoms with Crippen molar-refractivity contribution in [3.05, 3.63) is 0 Å². The van der Waals surface area contributed by atoms with E-state index in [4.69, 9.17) is 4.74 Å². The quantitative estimate of drug-likeness (QED) is 0.574. The number of hydrogen-bond acceptors (Lipinski definition) is 3. The molecule has 13 heavy (non-hydrogen) atoms. The van der Waals surface area contributed by atoms with E-state index in [1.54, 1.807) is 0 Å². The molecule has 4 rings (SSSR count). The fourth-order valence-electron chi connectivity index (χ4n) is 3.21. The number of nitrogens with one attached hydrogen (secondary N) is 1. The Balaban J connectivity index is 1.81. The SMILES string of the molecule is C1COCC2(CN3CCC2CC3)N1. The highest BCUT2D eigenvalue weighted by molar-refractivity contribution is 5.05. The molecule has 74 valence electrons. The molecule has 0 radical (unpaired) electrons. The van der Waals surface area contributed by atoms with E-state index < -0.39 is 0 Å². The van der Waals surface area contributed by atoms with Gasteiger partial charge in [-0.05, 0) is 31.8 Å². The number of nitrogens with zero attached hydrogens (tertiary/aromatic N) is 1. The summed E-state index contributed by atoms with van der Waals surface area (Å²) in [4.78, 5) is 2.58. The molecule has 4 aliphatic heterocycles. The van der Waals surface area contributed by atoms with Gasteiger partial charge >= 0.3 is 0 Å². The number of morpholine rings is 1. The lowest BCUT2D eigenvalue weighted by molar-refractivity contribution is -0.0718. The van der Waals surface area contributed by atoms with Crippen molar-refractivity contribution < 1.29 is 4.74 Å². The van der Waals surface area contributed by atoms with Crippen molar-refractivity contribution in [2.24, 2.45) is 5.92 Å². The van der Waals surface area contributed by atoms with Gasteiger partial charge in [0.2, 0.25) is 0 Å². The molecule has 4 saturated heterocycles. The van der Waals surface area contributed by atoms with Gasteiger partial charge in [-0.3, -0.25) is 0 Å². The lowest BCUT2D eigenvalue weighted by atomic mass is 9.73. The van der Waals surface area contributed by atoms with Gasteiger partial charge in [-0.15, -0.1) is 0 Å². The van der Waals surface area contributed by atoms with Gasteiger partial charge in [0, 0.05) is 13.1 Å². The van der Waals surface area contributed by atoms with E-state index >= 15 is 0 Å². The maximum absolute atomic E-state index is 5.63. The highest BCUT2D eigenvalue weighted by Crippen LogP contribution is 2.36. The van der Waals surface area contributed by atoms with Gasteiger partial charge in [0.1, 0.15) is 0 Å². The van der Waals surface area contributed by atoms with E-state index in [1.165, 1.54) is 32.5 Å². The topological polar surface area (TPSA) is 24.5 Å². The molecule has 1 unspecified atom stereocenters. The molecule has 1 atom stereocenters. The van der Waals surface area contributed by atoms with Crippen molar-refractivity contribution >= 4 is 0 Å². The summed E-state index contributed by atoms with van der Waals surface area (Å²) in [6.45, 7) is 6.73. The predicted molar refractivity (Wildman–Crippen MR) is 50.7 cm³/mol. The van der Waals surface area contributed by atoms with Crippen LogP contribution in [0, 0.1) is 5.92 Å². The largest absolute Gasteiger partial charge is 0.378 e. The first-order valence-corrected chi connectivity index (χ1v) is 5.44. The van der Waals surface area contributed by atoms with E-state index in [9.17, 15) is 0 Å². The molecular formula is C10H18N2O. The maximum Gasteiger partial charge on any atom is 0.0664 e. The Hall–Kier alpha value is -0.120. The van der Waals surface area contributed by atoms with Crippen LogP contribution >= 0.6 is 0 Å². The lowest BCUT2D eigenvalue weighted by Crippen LogP contribution is -2.70. The number of hydrogen-bond donors (Lipinski definition) is 1. The lowest BCUT2D eigenvalue weighted by Gasteiger charge is -2.55. The second-order valence-electron chi connectivity index (χ2n) is 4.69. The first-order valence-electron chi connectivity index (χ1n) is 5.44. The van der Waals surface area contributed by atoms with Crippen LogP contribution in [0.4, 0.5) is 0 Å². The van der Waals surface area contributed by atoms with E-state index in [0.717, 1.165) is 25.7 Å². The highest BCUT2D eigenvalue weighted by Gasteiger charge is 2.47. The normalized spacial score (nSPS) is 49.8. The Bertz CT molecular complexity index is 193. The van der Waals surface area contributed by atoms with Crippen LogP contribution in [0.2, 0.25) is 0 Å². The minimum atomic E-state index is 0.328. The fourth-order valence-corrected chi connectivity index (χ4v) is 3.21. The minimum absolute atomic E-state index is 0.328. The Labute approximate surface area is 79.4 Å². The molecule has 4 aliphatic rings. The summed E-state index contributed by atoms with van der Waals surface area (Å²) < 4.78 is 5.63. The Kier molecular flexibility index (Phi) is 1.86. The summed E-state index contributed by atoms with van der Waals surface area (Å²) in [6, 6.07) is 0. The van der Waals surface area contributed by atoms with Gasteiger partial charge in [-0.2, -0.15) is 0 Å². The van der Waals surface area contributed by atoms with E-state index in [2.05, 4.69) is 10.2 Å². The predicted octanol–water partition coefficient (Wildman–Crippen LogP) is 0.0706. The van der Waals surface area contributed by atoms with Crippen LogP contribution in [-0.2, 0) is 4.74 Å². The maximum atomic E-state index is 5.63. The summed E-state index contributed by atoms with van der Waals surface area (Å²) in [5, 5.41) is 3.70. The molecule has 0 aromatic heterocycles. The highest BCUT2D eigenvalue weighted by atomic mass is 16.5. The molecule has 3 nitrogen and oxygen atoms in total. The van der Waals surface area contributed by atoms with Crippen LogP contribution in [0.5, 0.6) is 0 Å². The van der Waals surface area contributed by atoms with E-state index in [0.29, 0.717) is 5.54 Å². The Morgan fingerprint density at radius 3 is 2.69 bits per heavy atom. The smallest absolute Gasteiger partial charge is 0.0664 e. The fraction of sp³-hybridized carbons (Fsp3) is 1.00. The minimum Gasteiger partial charge on any atom is -0.378 e. The Morgan fingerprint density at radius 2 is 2.15 bits per heavy atom. The summed E-state index contributed by atoms with van der Waals surface area (Å²) in [7, 11) is 0. The molecule has 1 spiro atoms. The van der Waals surface area contributed by atoms with Gasteiger partial charge in [0.15, 0.2) is 0 Å². The molecule has 0 aromatic rings. The first kappa shape index (κ1) is 8.21. The van der Waals surface area contributed by atoms with Gasteiger partial charge in [0.25, 0.3) is 0 Å². The van der Waals surface area contributed by atoms with Crippen molar-refractivity contribution in [3.63, 3.8) is 0 Å². The third-order valence-corrected chi connectivity index (χ3v) is 3.96. The molecule has 2 bridgehead atoms. The zero-order chi connectivity index (χ0) is 8.73. The van der Waals surface area contributed by atoms with Crippen LogP contribution in [-0.4, -0.2) is 49.8 Å². The van der Waals surface area contributed by atoms with Crippen molar-refractivity contribution in [1.82, 2.24) is 10.2 Å². The summed E-state index contributed by atoms with van der Waals surface area (Å²) in [5.41, 5.74) is 0.328. The second-order valence-corrected chi connectivity index (χ2v) is 4.69. The van der Waals surface area contributed by atoms with Crippen molar-refractivity contribution in [2.45, 2.75) is 18.4 Å². The number of rotatable bonds is 0. The van der Waals surface area contributed by atoms with E-state index in [-0.39, 0.29) is 0 Å². The third kappa shape index (κ3) is 1.22. The standard InChI is InChI=1S/C10H18N2O/c1-4-12-5-2-9(1)10(7-12)8-13-6-3-11-10/h9,11H,1-8H2. The molecule has 0 saturated carbocycles. The van der Waals surface area contributed by atoms with Gasteiger partial charge < -0.3 is 15.0 Å². The molecule has 0 aromatic carbocycles. The van der Waals surface area contributed by atoms with Crippen LogP contribution in [0.3, 0.4) is 0 Å². The van der Waals surface area contributed by atoms with Gasteiger partial charge in [-0.1, -0.05) is 0 Å². The first-order chi connectivity index (χ1) is 6.39. The Morgan fingerprint density at radius 1 is 1.31 bits per heavy atom. The molecule has 0 amide bonds. The second kappa shape index (κ2) is 2.94. The zero-order valence-corrected chi connectivity index (χ0v) is 8.09. The summed E-state index contributed by atoms with van der Waals surface area (Å²) in [6.07, 6.45) is 2.74. The average molecular weight is 182 g/mol.